The molecule has 7 nitrogen and oxygen atoms in total. The molecule has 1 amide bonds. The summed E-state index contributed by atoms with van der Waals surface area (Å²) in [4.78, 5) is 25.8. The summed E-state index contributed by atoms with van der Waals surface area (Å²) in [6.07, 6.45) is 12.2. The van der Waals surface area contributed by atoms with Crippen LogP contribution >= 0.6 is 0 Å². The number of rotatable bonds is 7. The molecule has 2 aliphatic carbocycles. The second-order valence-corrected chi connectivity index (χ2v) is 7.95. The van der Waals surface area contributed by atoms with E-state index in [2.05, 4.69) is 10.2 Å². The first-order valence-electron chi connectivity index (χ1n) is 10.5. The number of non-ortho nitro benzene ring substituents is 1. The van der Waals surface area contributed by atoms with E-state index in [1.165, 1.54) is 83.5 Å². The van der Waals surface area contributed by atoms with E-state index in [9.17, 15) is 14.9 Å². The predicted molar refractivity (Wildman–Crippen MR) is 109 cm³/mol. The Bertz CT molecular complexity index is 664. The molecule has 1 aromatic carbocycles. The highest BCUT2D eigenvalue weighted by Crippen LogP contribution is 2.31. The van der Waals surface area contributed by atoms with Crippen molar-refractivity contribution in [1.82, 2.24) is 4.90 Å². The molecule has 0 radical (unpaired) electrons. The number of ether oxygens (including phenoxy) is 1. The highest BCUT2D eigenvalue weighted by Gasteiger charge is 2.30. The molecule has 0 aromatic heterocycles. The zero-order valence-corrected chi connectivity index (χ0v) is 16.7. The Balaban J connectivity index is 1.70. The molecular formula is C21H31N3O4. The molecule has 7 heteroatoms. The summed E-state index contributed by atoms with van der Waals surface area (Å²) in [5.74, 6) is 0.229. The zero-order valence-electron chi connectivity index (χ0n) is 16.7. The minimum absolute atomic E-state index is 0.0547. The van der Waals surface area contributed by atoms with Gasteiger partial charge in [0.15, 0.2) is 0 Å². The van der Waals surface area contributed by atoms with Crippen LogP contribution in [-0.2, 0) is 4.79 Å². The van der Waals surface area contributed by atoms with Crippen LogP contribution in [0.4, 0.5) is 11.4 Å². The number of nitrogens with one attached hydrogen (secondary N) is 1. The van der Waals surface area contributed by atoms with Crippen molar-refractivity contribution in [3.8, 4) is 5.75 Å². The number of nitro benzene ring substituents is 1. The molecule has 2 fully saturated rings. The Morgan fingerprint density at radius 1 is 1.11 bits per heavy atom. The van der Waals surface area contributed by atoms with E-state index in [-0.39, 0.29) is 11.6 Å². The molecule has 1 aromatic rings. The summed E-state index contributed by atoms with van der Waals surface area (Å²) in [7, 11) is 1.45. The lowest BCUT2D eigenvalue weighted by Gasteiger charge is -2.41. The van der Waals surface area contributed by atoms with Gasteiger partial charge >= 0.3 is 0 Å². The lowest BCUT2D eigenvalue weighted by molar-refractivity contribution is -0.384. The second kappa shape index (κ2) is 9.87. The maximum absolute atomic E-state index is 12.9. The molecule has 0 bridgehead atoms. The Hall–Kier alpha value is -2.15. The van der Waals surface area contributed by atoms with Gasteiger partial charge in [-0.1, -0.05) is 38.5 Å². The van der Waals surface area contributed by atoms with Crippen molar-refractivity contribution in [3.63, 3.8) is 0 Å². The Labute approximate surface area is 166 Å². The van der Waals surface area contributed by atoms with Crippen molar-refractivity contribution in [2.75, 3.05) is 19.0 Å². The molecule has 0 spiro atoms. The maximum atomic E-state index is 12.9. The van der Waals surface area contributed by atoms with Crippen LogP contribution in [0.25, 0.3) is 0 Å². The van der Waals surface area contributed by atoms with Crippen molar-refractivity contribution in [2.45, 2.75) is 76.3 Å². The van der Waals surface area contributed by atoms with Crippen LogP contribution in [0.2, 0.25) is 0 Å². The first kappa shape index (κ1) is 20.6. The molecule has 1 N–H and O–H groups in total. The van der Waals surface area contributed by atoms with E-state index in [1.54, 1.807) is 6.07 Å². The number of benzene rings is 1. The Kier molecular flexibility index (Phi) is 7.25. The second-order valence-electron chi connectivity index (χ2n) is 7.95. The van der Waals surface area contributed by atoms with Gasteiger partial charge < -0.3 is 10.1 Å². The normalized spacial score (nSPS) is 18.8. The molecule has 0 unspecified atom stereocenters. The van der Waals surface area contributed by atoms with Gasteiger partial charge in [0.1, 0.15) is 5.75 Å². The topological polar surface area (TPSA) is 84.7 Å². The third-order valence-electron chi connectivity index (χ3n) is 6.08. The van der Waals surface area contributed by atoms with Crippen molar-refractivity contribution in [3.05, 3.63) is 28.3 Å². The molecule has 3 rings (SSSR count). The van der Waals surface area contributed by atoms with Crippen LogP contribution in [0, 0.1) is 10.1 Å². The monoisotopic (exact) mass is 389 g/mol. The summed E-state index contributed by atoms with van der Waals surface area (Å²) >= 11 is 0. The van der Waals surface area contributed by atoms with Gasteiger partial charge in [-0.2, -0.15) is 0 Å². The fourth-order valence-electron chi connectivity index (χ4n) is 4.63. The van der Waals surface area contributed by atoms with E-state index in [0.717, 1.165) is 0 Å². The van der Waals surface area contributed by atoms with Gasteiger partial charge in [0.05, 0.1) is 30.3 Å². The fourth-order valence-corrected chi connectivity index (χ4v) is 4.63. The van der Waals surface area contributed by atoms with E-state index < -0.39 is 4.92 Å². The largest absolute Gasteiger partial charge is 0.494 e. The van der Waals surface area contributed by atoms with Crippen molar-refractivity contribution in [2.24, 2.45) is 0 Å². The summed E-state index contributed by atoms with van der Waals surface area (Å²) < 4.78 is 5.24. The number of carbonyl (C=O) groups is 1. The summed E-state index contributed by atoms with van der Waals surface area (Å²) in [6.45, 7) is 0.371. The van der Waals surface area contributed by atoms with Gasteiger partial charge in [0.25, 0.3) is 5.69 Å². The number of hydrogen-bond acceptors (Lipinski definition) is 5. The highest BCUT2D eigenvalue weighted by atomic mass is 16.6. The Morgan fingerprint density at radius 2 is 1.68 bits per heavy atom. The number of amides is 1. The minimum atomic E-state index is -0.470. The van der Waals surface area contributed by atoms with E-state index in [4.69, 9.17) is 4.74 Å². The van der Waals surface area contributed by atoms with Crippen molar-refractivity contribution >= 4 is 17.3 Å². The van der Waals surface area contributed by atoms with Gasteiger partial charge in [-0.3, -0.25) is 19.8 Å². The molecule has 2 saturated carbocycles. The average molecular weight is 389 g/mol. The molecule has 2 aliphatic rings. The number of carbonyl (C=O) groups excluding carboxylic acids is 1. The fraction of sp³-hybridized carbons (Fsp3) is 0.667. The molecular weight excluding hydrogens is 358 g/mol. The number of methoxy groups -OCH3 is 1. The predicted octanol–water partition coefficient (Wildman–Crippen LogP) is 4.51. The van der Waals surface area contributed by atoms with E-state index in [1.807, 2.05) is 0 Å². The average Bonchev–Trinajstić information content (AvgIpc) is 2.73. The highest BCUT2D eigenvalue weighted by molar-refractivity contribution is 5.94. The Morgan fingerprint density at radius 3 is 2.18 bits per heavy atom. The first-order chi connectivity index (χ1) is 13.6. The summed E-state index contributed by atoms with van der Waals surface area (Å²) in [5, 5.41) is 13.9. The van der Waals surface area contributed by atoms with Gasteiger partial charge in [-0.15, -0.1) is 0 Å². The summed E-state index contributed by atoms with van der Waals surface area (Å²) in [6, 6.07) is 5.25. The van der Waals surface area contributed by atoms with E-state index >= 15 is 0 Å². The number of nitrogens with zero attached hydrogens (tertiary/aromatic N) is 2. The van der Waals surface area contributed by atoms with Gasteiger partial charge in [0, 0.05) is 18.2 Å². The molecule has 154 valence electrons. The smallest absolute Gasteiger partial charge is 0.273 e. The number of anilines is 1. The number of nitro groups is 1. The lowest BCUT2D eigenvalue weighted by atomic mass is 9.88. The third kappa shape index (κ3) is 5.22. The SMILES string of the molecule is COc1cc([N+](=O)[O-])ccc1NC(=O)CN(C1CCCCC1)C1CCCCC1. The molecule has 0 heterocycles. The molecule has 0 atom stereocenters. The lowest BCUT2D eigenvalue weighted by Crippen LogP contribution is -2.48. The van der Waals surface area contributed by atoms with Crippen LogP contribution < -0.4 is 10.1 Å². The first-order valence-corrected chi connectivity index (χ1v) is 10.5. The zero-order chi connectivity index (χ0) is 19.9. The maximum Gasteiger partial charge on any atom is 0.273 e. The van der Waals surface area contributed by atoms with Crippen LogP contribution in [0.1, 0.15) is 64.2 Å². The van der Waals surface area contributed by atoms with Crippen molar-refractivity contribution < 1.29 is 14.5 Å². The van der Waals surface area contributed by atoms with Gasteiger partial charge in [-0.25, -0.2) is 0 Å². The molecule has 28 heavy (non-hydrogen) atoms. The third-order valence-corrected chi connectivity index (χ3v) is 6.08. The van der Waals surface area contributed by atoms with Crippen LogP contribution in [0.5, 0.6) is 5.75 Å². The minimum Gasteiger partial charge on any atom is -0.494 e. The van der Waals surface area contributed by atoms with E-state index in [0.29, 0.717) is 30.1 Å². The van der Waals surface area contributed by atoms with Gasteiger partial charge in [-0.05, 0) is 31.7 Å². The number of hydrogen-bond donors (Lipinski definition) is 1. The van der Waals surface area contributed by atoms with Crippen LogP contribution in [0.3, 0.4) is 0 Å². The quantitative estimate of drug-likeness (QED) is 0.548. The van der Waals surface area contributed by atoms with Crippen LogP contribution in [0.15, 0.2) is 18.2 Å². The molecule has 0 aliphatic heterocycles. The standard InChI is InChI=1S/C21H31N3O4/c1-28-20-14-18(24(26)27)12-13-19(20)22-21(25)15-23(16-8-4-2-5-9-16)17-10-6-3-7-11-17/h12-14,16-17H,2-11,15H2,1H3,(H,22,25). The summed E-state index contributed by atoms with van der Waals surface area (Å²) in [5.41, 5.74) is 0.422. The van der Waals surface area contributed by atoms with Crippen LogP contribution in [-0.4, -0.2) is 41.5 Å². The van der Waals surface area contributed by atoms with Gasteiger partial charge in [0.2, 0.25) is 5.91 Å². The molecule has 0 saturated heterocycles. The van der Waals surface area contributed by atoms with Crippen molar-refractivity contribution in [1.29, 1.82) is 0 Å².